The van der Waals surface area contributed by atoms with Crippen LogP contribution in [0.1, 0.15) is 0 Å². The van der Waals surface area contributed by atoms with E-state index < -0.39 is 0 Å². The zero-order chi connectivity index (χ0) is 9.14. The molecule has 0 radical (unpaired) electrons. The molecule has 4 N–H and O–H groups in total. The van der Waals surface area contributed by atoms with Gasteiger partial charge in [0.1, 0.15) is 10.7 Å². The Morgan fingerprint density at radius 1 is 1.08 bits per heavy atom. The first-order valence-electron chi connectivity index (χ1n) is 3.20. The second-order valence-corrected chi connectivity index (χ2v) is 3.59. The summed E-state index contributed by atoms with van der Waals surface area (Å²) in [7, 11) is 0. The fourth-order valence-electron chi connectivity index (χ4n) is 0.692. The van der Waals surface area contributed by atoms with E-state index in [1.54, 1.807) is 0 Å². The summed E-state index contributed by atoms with van der Waals surface area (Å²) in [6.07, 6.45) is 3.80. The molecule has 0 saturated heterocycles. The van der Waals surface area contributed by atoms with Crippen molar-refractivity contribution in [1.29, 1.82) is 0 Å². The fraction of sp³-hybridized carbons (Fsp3) is 0.333. The first-order chi connectivity index (χ1) is 5.69. The summed E-state index contributed by atoms with van der Waals surface area (Å²) in [6, 6.07) is 0. The van der Waals surface area contributed by atoms with Crippen molar-refractivity contribution in [3.05, 3.63) is 0 Å². The molecule has 1 aromatic heterocycles. The van der Waals surface area contributed by atoms with Crippen LogP contribution in [0.4, 0.5) is 11.5 Å². The van der Waals surface area contributed by atoms with Crippen LogP contribution in [-0.2, 0) is 0 Å². The van der Waals surface area contributed by atoms with Crippen LogP contribution >= 0.6 is 23.5 Å². The van der Waals surface area contributed by atoms with Crippen molar-refractivity contribution < 1.29 is 0 Å². The van der Waals surface area contributed by atoms with Crippen LogP contribution in [0.2, 0.25) is 0 Å². The molecule has 0 spiro atoms. The number of nitrogens with two attached hydrogens (primary N) is 2. The topological polar surface area (TPSA) is 77.8 Å². The van der Waals surface area contributed by atoms with Gasteiger partial charge in [0.25, 0.3) is 0 Å². The van der Waals surface area contributed by atoms with E-state index in [1.165, 1.54) is 23.5 Å². The average molecular weight is 202 g/mol. The predicted octanol–water partition coefficient (Wildman–Crippen LogP) is 1.08. The number of nitrogens with zero attached hydrogens (tertiary/aromatic N) is 2. The van der Waals surface area contributed by atoms with Gasteiger partial charge >= 0.3 is 0 Å². The summed E-state index contributed by atoms with van der Waals surface area (Å²) in [5.41, 5.74) is 11.7. The largest absolute Gasteiger partial charge is 0.394 e. The van der Waals surface area contributed by atoms with Gasteiger partial charge < -0.3 is 11.5 Å². The van der Waals surface area contributed by atoms with Crippen molar-refractivity contribution >= 4 is 35.0 Å². The highest BCUT2D eigenvalue weighted by Crippen LogP contribution is 2.26. The highest BCUT2D eigenvalue weighted by Gasteiger charge is 2.07. The maximum atomic E-state index is 5.64. The lowest BCUT2D eigenvalue weighted by Crippen LogP contribution is -2.03. The molecule has 0 saturated carbocycles. The molecular formula is C6H10N4S2. The number of thioether (sulfide) groups is 2. The van der Waals surface area contributed by atoms with E-state index in [4.69, 9.17) is 11.5 Å². The molecule has 0 aliphatic rings. The third kappa shape index (κ3) is 1.75. The minimum absolute atomic E-state index is 0.360. The fourth-order valence-corrected chi connectivity index (χ4v) is 1.62. The second kappa shape index (κ2) is 3.86. The molecule has 0 aliphatic carbocycles. The van der Waals surface area contributed by atoms with Crippen LogP contribution in [0.25, 0.3) is 0 Å². The van der Waals surface area contributed by atoms with Gasteiger partial charge in [-0.1, -0.05) is 11.8 Å². The SMILES string of the molecule is CSc1nc(N)c(N)c(SC)n1. The maximum absolute atomic E-state index is 5.64. The van der Waals surface area contributed by atoms with Crippen molar-refractivity contribution in [3.63, 3.8) is 0 Å². The Labute approximate surface area is 79.5 Å². The van der Waals surface area contributed by atoms with Gasteiger partial charge in [-0.3, -0.25) is 0 Å². The molecule has 12 heavy (non-hydrogen) atoms. The van der Waals surface area contributed by atoms with E-state index >= 15 is 0 Å². The van der Waals surface area contributed by atoms with Gasteiger partial charge in [-0.25, -0.2) is 9.97 Å². The molecular weight excluding hydrogens is 192 g/mol. The second-order valence-electron chi connectivity index (χ2n) is 2.02. The van der Waals surface area contributed by atoms with Gasteiger partial charge in [0, 0.05) is 0 Å². The minimum Gasteiger partial charge on any atom is -0.394 e. The van der Waals surface area contributed by atoms with Crippen LogP contribution < -0.4 is 11.5 Å². The van der Waals surface area contributed by atoms with Gasteiger partial charge in [0.05, 0.1) is 0 Å². The van der Waals surface area contributed by atoms with Crippen LogP contribution in [0.3, 0.4) is 0 Å². The number of hydrogen-bond acceptors (Lipinski definition) is 6. The molecule has 1 aromatic rings. The van der Waals surface area contributed by atoms with Crippen LogP contribution in [0.5, 0.6) is 0 Å². The number of anilines is 2. The number of aromatic nitrogens is 2. The van der Waals surface area contributed by atoms with Crippen molar-refractivity contribution in [3.8, 4) is 0 Å². The smallest absolute Gasteiger partial charge is 0.190 e. The van der Waals surface area contributed by atoms with E-state index in [0.29, 0.717) is 16.7 Å². The third-order valence-corrected chi connectivity index (χ3v) is 2.54. The van der Waals surface area contributed by atoms with Crippen molar-refractivity contribution in [1.82, 2.24) is 9.97 Å². The van der Waals surface area contributed by atoms with E-state index in [9.17, 15) is 0 Å². The molecule has 0 atom stereocenters. The Hall–Kier alpha value is -0.620. The molecule has 0 unspecified atom stereocenters. The summed E-state index contributed by atoms with van der Waals surface area (Å²) in [6.45, 7) is 0. The summed E-state index contributed by atoms with van der Waals surface area (Å²) >= 11 is 2.92. The number of rotatable bonds is 2. The van der Waals surface area contributed by atoms with Crippen molar-refractivity contribution in [2.24, 2.45) is 0 Å². The molecule has 1 heterocycles. The lowest BCUT2D eigenvalue weighted by Gasteiger charge is -2.05. The standard InChI is InChI=1S/C6H10N4S2/c1-11-5-3(7)4(8)9-6(10-5)12-2/h7H2,1-2H3,(H2,8,9,10). The van der Waals surface area contributed by atoms with Gasteiger partial charge in [-0.2, -0.15) is 0 Å². The van der Waals surface area contributed by atoms with Crippen molar-refractivity contribution in [2.75, 3.05) is 24.0 Å². The van der Waals surface area contributed by atoms with E-state index in [1.807, 2.05) is 12.5 Å². The van der Waals surface area contributed by atoms with Gasteiger partial charge in [0.2, 0.25) is 0 Å². The van der Waals surface area contributed by atoms with Crippen LogP contribution in [-0.4, -0.2) is 22.5 Å². The molecule has 6 heteroatoms. The lowest BCUT2D eigenvalue weighted by atomic mass is 10.5. The molecule has 0 aromatic carbocycles. The monoisotopic (exact) mass is 202 g/mol. The zero-order valence-electron chi connectivity index (χ0n) is 6.87. The minimum atomic E-state index is 0.360. The molecule has 66 valence electrons. The average Bonchev–Trinajstić information content (AvgIpc) is 2.09. The first kappa shape index (κ1) is 9.47. The maximum Gasteiger partial charge on any atom is 0.190 e. The summed E-state index contributed by atoms with van der Waals surface area (Å²) < 4.78 is 0. The number of nitrogen functional groups attached to an aromatic ring is 2. The summed E-state index contributed by atoms with van der Waals surface area (Å²) in [4.78, 5) is 8.17. The Morgan fingerprint density at radius 2 is 1.75 bits per heavy atom. The Kier molecular flexibility index (Phi) is 3.05. The van der Waals surface area contributed by atoms with E-state index in [-0.39, 0.29) is 0 Å². The molecule has 0 fully saturated rings. The molecule has 0 amide bonds. The van der Waals surface area contributed by atoms with Crippen LogP contribution in [0.15, 0.2) is 10.2 Å². The van der Waals surface area contributed by atoms with Crippen molar-refractivity contribution in [2.45, 2.75) is 10.2 Å². The molecule has 4 nitrogen and oxygen atoms in total. The third-order valence-electron chi connectivity index (χ3n) is 1.30. The van der Waals surface area contributed by atoms with Crippen LogP contribution in [0, 0.1) is 0 Å². The predicted molar refractivity (Wildman–Crippen MR) is 54.4 cm³/mol. The van der Waals surface area contributed by atoms with Gasteiger partial charge in [0.15, 0.2) is 11.0 Å². The number of hydrogen-bond donors (Lipinski definition) is 2. The highest BCUT2D eigenvalue weighted by atomic mass is 32.2. The zero-order valence-corrected chi connectivity index (χ0v) is 8.50. The Morgan fingerprint density at radius 3 is 2.25 bits per heavy atom. The van der Waals surface area contributed by atoms with Gasteiger partial charge in [-0.15, -0.1) is 11.8 Å². The Bertz CT molecular complexity index is 289. The van der Waals surface area contributed by atoms with E-state index in [0.717, 1.165) is 5.03 Å². The van der Waals surface area contributed by atoms with Gasteiger partial charge in [-0.05, 0) is 12.5 Å². The first-order valence-corrected chi connectivity index (χ1v) is 5.65. The normalized spacial score (nSPS) is 10.2. The molecule has 0 aliphatic heterocycles. The van der Waals surface area contributed by atoms with E-state index in [2.05, 4.69) is 9.97 Å². The highest BCUT2D eigenvalue weighted by molar-refractivity contribution is 7.99. The summed E-state index contributed by atoms with van der Waals surface area (Å²) in [5, 5.41) is 1.40. The summed E-state index contributed by atoms with van der Waals surface area (Å²) in [5.74, 6) is 0.360. The Balaban J connectivity index is 3.19. The lowest BCUT2D eigenvalue weighted by molar-refractivity contribution is 0.910. The molecule has 0 bridgehead atoms. The molecule has 1 rings (SSSR count). The quantitative estimate of drug-likeness (QED) is 0.424.